The first-order valence-electron chi connectivity index (χ1n) is 7.28. The number of hydrogen-bond acceptors (Lipinski definition) is 5. The molecule has 128 valence electrons. The van der Waals surface area contributed by atoms with E-state index in [1.165, 1.54) is 11.3 Å². The molecule has 0 saturated heterocycles. The Morgan fingerprint density at radius 1 is 1.21 bits per heavy atom. The van der Waals surface area contributed by atoms with Gasteiger partial charge in [-0.1, -0.05) is 29.8 Å². The van der Waals surface area contributed by atoms with Crippen LogP contribution in [0, 0.1) is 0 Å². The maximum absolute atomic E-state index is 12.1. The Morgan fingerprint density at radius 3 is 2.58 bits per heavy atom. The zero-order chi connectivity index (χ0) is 17.7. The maximum Gasteiger partial charge on any atom is 0.350 e. The predicted octanol–water partition coefficient (Wildman–Crippen LogP) is 2.35. The molecule has 0 atom stereocenters. The van der Waals surface area contributed by atoms with Crippen LogP contribution in [0.1, 0.15) is 23.5 Å². The van der Waals surface area contributed by atoms with Crippen molar-refractivity contribution in [2.75, 3.05) is 13.2 Å². The molecule has 2 rings (SSSR count). The predicted molar refractivity (Wildman–Crippen MR) is 93.4 cm³/mol. The minimum Gasteiger partial charge on any atom is -0.451 e. The molecule has 8 heteroatoms. The molecule has 2 N–H and O–H groups in total. The number of rotatable bonds is 6. The molecule has 1 heterocycles. The normalized spacial score (nSPS) is 10.7. The summed E-state index contributed by atoms with van der Waals surface area (Å²) in [5.74, 6) is -1.53. The Hall–Kier alpha value is -2.12. The Kier molecular flexibility index (Phi) is 6.16. The number of hydrogen-bond donors (Lipinski definition) is 2. The van der Waals surface area contributed by atoms with Gasteiger partial charge in [-0.3, -0.25) is 9.59 Å². The second-order valence-electron chi connectivity index (χ2n) is 5.32. The lowest BCUT2D eigenvalue weighted by Crippen LogP contribution is -2.41. The number of esters is 1. The third-order valence-electron chi connectivity index (χ3n) is 2.95. The molecule has 1 aromatic carbocycles. The van der Waals surface area contributed by atoms with Gasteiger partial charge in [-0.2, -0.15) is 0 Å². The summed E-state index contributed by atoms with van der Waals surface area (Å²) >= 11 is 7.38. The summed E-state index contributed by atoms with van der Waals surface area (Å²) < 4.78 is 5.82. The third kappa shape index (κ3) is 4.69. The van der Waals surface area contributed by atoms with Gasteiger partial charge >= 0.3 is 5.97 Å². The summed E-state index contributed by atoms with van der Waals surface area (Å²) in [4.78, 5) is 35.4. The lowest BCUT2D eigenvalue weighted by atomic mass is 10.2. The fourth-order valence-corrected chi connectivity index (χ4v) is 3.35. The summed E-state index contributed by atoms with van der Waals surface area (Å²) in [5, 5.41) is 6.10. The van der Waals surface area contributed by atoms with Crippen LogP contribution < -0.4 is 10.6 Å². The van der Waals surface area contributed by atoms with E-state index in [2.05, 4.69) is 10.6 Å². The van der Waals surface area contributed by atoms with Crippen molar-refractivity contribution in [3.8, 4) is 0 Å². The fraction of sp³-hybridized carbons (Fsp3) is 0.312. The number of ether oxygens (including phenoxy) is 1. The minimum absolute atomic E-state index is 0.0117. The minimum atomic E-state index is -0.664. The van der Waals surface area contributed by atoms with Crippen LogP contribution in [0.3, 0.4) is 0 Å². The van der Waals surface area contributed by atoms with Crippen molar-refractivity contribution < 1.29 is 19.1 Å². The van der Waals surface area contributed by atoms with E-state index in [1.807, 2.05) is 38.1 Å². The van der Waals surface area contributed by atoms with Gasteiger partial charge in [-0.15, -0.1) is 11.3 Å². The number of thiophene rings is 1. The first-order valence-corrected chi connectivity index (χ1v) is 8.48. The summed E-state index contributed by atoms with van der Waals surface area (Å²) in [6.07, 6.45) is 0. The van der Waals surface area contributed by atoms with Crippen LogP contribution >= 0.6 is 22.9 Å². The molecule has 2 aromatic rings. The van der Waals surface area contributed by atoms with E-state index >= 15 is 0 Å². The molecule has 0 aliphatic rings. The van der Waals surface area contributed by atoms with E-state index < -0.39 is 18.5 Å². The summed E-state index contributed by atoms with van der Waals surface area (Å²) in [6, 6.07) is 7.32. The van der Waals surface area contributed by atoms with Crippen LogP contribution in [0.25, 0.3) is 10.1 Å². The zero-order valence-corrected chi connectivity index (χ0v) is 14.8. The number of carbonyl (C=O) groups is 3. The molecule has 6 nitrogen and oxygen atoms in total. The van der Waals surface area contributed by atoms with Gasteiger partial charge in [0.2, 0.25) is 5.91 Å². The topological polar surface area (TPSA) is 84.5 Å². The monoisotopic (exact) mass is 368 g/mol. The van der Waals surface area contributed by atoms with Crippen LogP contribution in [0.5, 0.6) is 0 Å². The van der Waals surface area contributed by atoms with Gasteiger partial charge in [0.25, 0.3) is 5.91 Å². The van der Waals surface area contributed by atoms with Crippen molar-refractivity contribution in [2.24, 2.45) is 0 Å². The average Bonchev–Trinajstić information content (AvgIpc) is 2.87. The van der Waals surface area contributed by atoms with Crippen LogP contribution in [0.4, 0.5) is 0 Å². The SMILES string of the molecule is CC(C)NC(=O)CNC(=O)COC(=O)c1sc2ccccc2c1Cl. The lowest BCUT2D eigenvalue weighted by molar-refractivity contribution is -0.128. The van der Waals surface area contributed by atoms with Gasteiger partial charge < -0.3 is 15.4 Å². The fourth-order valence-electron chi connectivity index (χ4n) is 1.94. The molecule has 0 aliphatic heterocycles. The van der Waals surface area contributed by atoms with Crippen LogP contribution in [0.15, 0.2) is 24.3 Å². The number of fused-ring (bicyclic) bond motifs is 1. The van der Waals surface area contributed by atoms with E-state index in [-0.39, 0.29) is 23.4 Å². The van der Waals surface area contributed by atoms with E-state index in [9.17, 15) is 14.4 Å². The molecule has 0 saturated carbocycles. The quantitative estimate of drug-likeness (QED) is 0.766. The van der Waals surface area contributed by atoms with Gasteiger partial charge in [0.1, 0.15) is 4.88 Å². The molecular weight excluding hydrogens is 352 g/mol. The molecule has 0 unspecified atom stereocenters. The Morgan fingerprint density at radius 2 is 1.92 bits per heavy atom. The zero-order valence-electron chi connectivity index (χ0n) is 13.2. The summed E-state index contributed by atoms with van der Waals surface area (Å²) in [5.41, 5.74) is 0. The van der Waals surface area contributed by atoms with Gasteiger partial charge in [-0.05, 0) is 19.9 Å². The Balaban J connectivity index is 1.87. The number of amides is 2. The second kappa shape index (κ2) is 8.12. The number of nitrogens with one attached hydrogen (secondary N) is 2. The van der Waals surface area contributed by atoms with E-state index in [1.54, 1.807) is 0 Å². The van der Waals surface area contributed by atoms with Crippen LogP contribution in [-0.2, 0) is 14.3 Å². The standard InChI is InChI=1S/C16H17ClN2O4S/c1-9(2)19-12(20)7-18-13(21)8-23-16(22)15-14(17)10-5-3-4-6-11(10)24-15/h3-6,9H,7-8H2,1-2H3,(H,18,21)(H,19,20). The highest BCUT2D eigenvalue weighted by molar-refractivity contribution is 7.21. The summed E-state index contributed by atoms with van der Waals surface area (Å²) in [7, 11) is 0. The van der Waals surface area contributed by atoms with Crippen molar-refractivity contribution in [1.29, 1.82) is 0 Å². The molecule has 0 bridgehead atoms. The van der Waals surface area contributed by atoms with Crippen LogP contribution in [0.2, 0.25) is 5.02 Å². The maximum atomic E-state index is 12.1. The molecule has 1 aromatic heterocycles. The molecule has 0 radical (unpaired) electrons. The van der Waals surface area contributed by atoms with Crippen molar-refractivity contribution >= 4 is 50.8 Å². The van der Waals surface area contributed by atoms with Gasteiger partial charge in [0, 0.05) is 16.1 Å². The summed E-state index contributed by atoms with van der Waals surface area (Å²) in [6.45, 7) is 2.99. The van der Waals surface area contributed by atoms with E-state index in [0.717, 1.165) is 10.1 Å². The van der Waals surface area contributed by atoms with Gasteiger partial charge in [-0.25, -0.2) is 4.79 Å². The molecule has 2 amide bonds. The molecule has 0 spiro atoms. The average molecular weight is 369 g/mol. The van der Waals surface area contributed by atoms with Crippen molar-refractivity contribution in [3.05, 3.63) is 34.2 Å². The highest BCUT2D eigenvalue weighted by atomic mass is 35.5. The van der Waals surface area contributed by atoms with Gasteiger partial charge in [0.15, 0.2) is 6.61 Å². The van der Waals surface area contributed by atoms with Gasteiger partial charge in [0.05, 0.1) is 11.6 Å². The molecule has 0 aliphatic carbocycles. The highest BCUT2D eigenvalue weighted by Gasteiger charge is 2.19. The Labute approximate surface area is 148 Å². The lowest BCUT2D eigenvalue weighted by Gasteiger charge is -2.09. The number of benzene rings is 1. The van der Waals surface area contributed by atoms with Crippen molar-refractivity contribution in [3.63, 3.8) is 0 Å². The first-order chi connectivity index (χ1) is 11.4. The molecular formula is C16H17ClN2O4S. The number of halogens is 1. The first kappa shape index (κ1) is 18.2. The smallest absolute Gasteiger partial charge is 0.350 e. The van der Waals surface area contributed by atoms with E-state index in [4.69, 9.17) is 16.3 Å². The van der Waals surface area contributed by atoms with E-state index in [0.29, 0.717) is 5.02 Å². The van der Waals surface area contributed by atoms with Crippen molar-refractivity contribution in [2.45, 2.75) is 19.9 Å². The molecule has 0 fully saturated rings. The van der Waals surface area contributed by atoms with Crippen LogP contribution in [-0.4, -0.2) is 37.0 Å². The third-order valence-corrected chi connectivity index (χ3v) is 4.61. The number of carbonyl (C=O) groups excluding carboxylic acids is 3. The molecule has 24 heavy (non-hydrogen) atoms. The Bertz CT molecular complexity index is 773. The second-order valence-corrected chi connectivity index (χ2v) is 6.75. The largest absolute Gasteiger partial charge is 0.451 e. The highest BCUT2D eigenvalue weighted by Crippen LogP contribution is 2.35. The van der Waals surface area contributed by atoms with Crippen molar-refractivity contribution in [1.82, 2.24) is 10.6 Å².